The summed E-state index contributed by atoms with van der Waals surface area (Å²) >= 11 is 7.89. The van der Waals surface area contributed by atoms with Gasteiger partial charge in [-0.2, -0.15) is 0 Å². The Hall–Kier alpha value is -3.46. The number of amides is 4. The van der Waals surface area contributed by atoms with Crippen LogP contribution in [-0.4, -0.2) is 84.1 Å². The van der Waals surface area contributed by atoms with Crippen molar-refractivity contribution in [2.45, 2.75) is 63.6 Å². The van der Waals surface area contributed by atoms with Gasteiger partial charge in [0.05, 0.1) is 17.3 Å². The number of ether oxygens (including phenoxy) is 1. The second kappa shape index (κ2) is 13.9. The highest BCUT2D eigenvalue weighted by Crippen LogP contribution is 2.33. The van der Waals surface area contributed by atoms with Crippen molar-refractivity contribution < 1.29 is 19.1 Å². The van der Waals surface area contributed by atoms with E-state index >= 15 is 0 Å². The summed E-state index contributed by atoms with van der Waals surface area (Å²) in [4.78, 5) is 45.6. The summed E-state index contributed by atoms with van der Waals surface area (Å²) in [6.45, 7) is 4.84. The fraction of sp³-hybridized carbons (Fsp3) is 0.545. The first kappa shape index (κ1) is 31.5. The first-order valence-corrected chi connectivity index (χ1v) is 17.2. The average molecular weight is 653 g/mol. The van der Waals surface area contributed by atoms with E-state index in [9.17, 15) is 14.4 Å². The van der Waals surface area contributed by atoms with E-state index in [0.717, 1.165) is 36.5 Å². The third-order valence-electron chi connectivity index (χ3n) is 9.92. The summed E-state index contributed by atoms with van der Waals surface area (Å²) in [5, 5.41) is 9.60. The maximum absolute atomic E-state index is 14.0. The molecule has 0 bridgehead atoms. The molecule has 1 aromatic heterocycles. The summed E-state index contributed by atoms with van der Waals surface area (Å²) in [6.07, 6.45) is 9.77. The van der Waals surface area contributed by atoms with E-state index in [1.54, 1.807) is 17.0 Å². The number of carbonyl (C=O) groups excluding carboxylic acids is 3. The highest BCUT2D eigenvalue weighted by Gasteiger charge is 2.37. The van der Waals surface area contributed by atoms with Crippen LogP contribution >= 0.6 is 22.9 Å². The molecule has 10 nitrogen and oxygen atoms in total. The van der Waals surface area contributed by atoms with Gasteiger partial charge in [-0.15, -0.1) is 17.8 Å². The van der Waals surface area contributed by atoms with Crippen LogP contribution < -0.4 is 16.4 Å². The number of nitrogen functional groups attached to an aromatic ring is 1. The molecule has 240 valence electrons. The topological polar surface area (TPSA) is 120 Å². The van der Waals surface area contributed by atoms with Crippen LogP contribution in [0.5, 0.6) is 0 Å². The van der Waals surface area contributed by atoms with Gasteiger partial charge in [0, 0.05) is 49.8 Å². The molecular weight excluding hydrogens is 612 g/mol. The van der Waals surface area contributed by atoms with Gasteiger partial charge in [-0.25, -0.2) is 9.59 Å². The van der Waals surface area contributed by atoms with E-state index in [0.29, 0.717) is 79.2 Å². The molecule has 4 aliphatic rings. The Labute approximate surface area is 273 Å². The zero-order chi connectivity index (χ0) is 31.5. The monoisotopic (exact) mass is 652 g/mol. The molecule has 4 amide bonds. The number of rotatable bonds is 6. The number of likely N-dealkylation sites (tertiary alicyclic amines) is 2. The van der Waals surface area contributed by atoms with Crippen LogP contribution in [0, 0.1) is 24.2 Å². The number of urea groups is 1. The average Bonchev–Trinajstić information content (AvgIpc) is 3.53. The van der Waals surface area contributed by atoms with Gasteiger partial charge in [-0.05, 0) is 92.6 Å². The van der Waals surface area contributed by atoms with Crippen LogP contribution in [0.3, 0.4) is 0 Å². The number of thiophene rings is 1. The van der Waals surface area contributed by atoms with Crippen molar-refractivity contribution in [1.82, 2.24) is 20.0 Å². The van der Waals surface area contributed by atoms with Gasteiger partial charge in [0.15, 0.2) is 6.10 Å². The van der Waals surface area contributed by atoms with E-state index in [-0.39, 0.29) is 24.4 Å². The number of piperidine rings is 3. The molecule has 5 heterocycles. The minimum absolute atomic E-state index is 0.0138. The number of benzene rings is 1. The molecule has 0 saturated carbocycles. The number of terminal acetylenes is 1. The largest absolute Gasteiger partial charge is 0.436 e. The Balaban J connectivity index is 1.11. The molecule has 45 heavy (non-hydrogen) atoms. The number of nitrogens with zero attached hydrogens (tertiary/aromatic N) is 3. The van der Waals surface area contributed by atoms with Crippen LogP contribution in [0.4, 0.5) is 20.3 Å². The number of nitrogens with two attached hydrogens (primary N) is 1. The maximum Gasteiger partial charge on any atom is 0.410 e. The molecule has 0 radical (unpaired) electrons. The number of hydrogen-bond acceptors (Lipinski definition) is 7. The lowest BCUT2D eigenvalue weighted by Crippen LogP contribution is -2.52. The van der Waals surface area contributed by atoms with Crippen molar-refractivity contribution in [2.24, 2.45) is 11.8 Å². The fourth-order valence-electron chi connectivity index (χ4n) is 7.26. The third kappa shape index (κ3) is 7.03. The van der Waals surface area contributed by atoms with Crippen LogP contribution in [0.15, 0.2) is 23.6 Å². The number of anilines is 2. The Bertz CT molecular complexity index is 1450. The Morgan fingerprint density at radius 2 is 1.76 bits per heavy atom. The van der Waals surface area contributed by atoms with Gasteiger partial charge in [-0.1, -0.05) is 17.5 Å². The van der Waals surface area contributed by atoms with Crippen LogP contribution in [0.2, 0.25) is 5.02 Å². The number of fused-ring (bicyclic) bond motifs is 1. The highest BCUT2D eigenvalue weighted by atomic mass is 35.5. The van der Waals surface area contributed by atoms with E-state index < -0.39 is 12.2 Å². The first-order chi connectivity index (χ1) is 21.8. The molecule has 2 aromatic rings. The number of nitrogens with one attached hydrogen (secondary N) is 2. The van der Waals surface area contributed by atoms with Gasteiger partial charge in [-0.3, -0.25) is 10.1 Å². The van der Waals surface area contributed by atoms with Gasteiger partial charge in [0.1, 0.15) is 5.00 Å². The van der Waals surface area contributed by atoms with Crippen molar-refractivity contribution in [1.29, 1.82) is 0 Å². The third-order valence-corrected chi connectivity index (χ3v) is 11.1. The first-order valence-electron chi connectivity index (χ1n) is 15.9. The molecular formula is C33H41ClN6O4S. The van der Waals surface area contributed by atoms with E-state index in [1.165, 1.54) is 24.2 Å². The van der Waals surface area contributed by atoms with Gasteiger partial charge < -0.3 is 30.5 Å². The number of halogens is 1. The summed E-state index contributed by atoms with van der Waals surface area (Å²) in [5.74, 6) is 3.66. The lowest BCUT2D eigenvalue weighted by Gasteiger charge is -2.40. The van der Waals surface area contributed by atoms with Crippen molar-refractivity contribution in [3.63, 3.8) is 0 Å². The smallest absolute Gasteiger partial charge is 0.410 e. The number of carbonyl (C=O) groups is 3. The lowest BCUT2D eigenvalue weighted by molar-refractivity contribution is -0.142. The highest BCUT2D eigenvalue weighted by molar-refractivity contribution is 7.14. The number of hydrogen-bond donors (Lipinski definition) is 3. The summed E-state index contributed by atoms with van der Waals surface area (Å²) in [6, 6.07) is 5.36. The predicted molar refractivity (Wildman–Crippen MR) is 176 cm³/mol. The normalized spacial score (nSPS) is 20.7. The molecule has 1 atom stereocenters. The SMILES string of the molecule is C#Cc1cc(C[C@@H](OC(=O)N2CCC(N3Cc4ccsc4NC3=O)CC2)C(=O)N2CCC(C3CCNCC3)CC2)cc(Cl)c1N. The Morgan fingerprint density at radius 1 is 1.07 bits per heavy atom. The summed E-state index contributed by atoms with van der Waals surface area (Å²) in [7, 11) is 0. The Morgan fingerprint density at radius 3 is 2.47 bits per heavy atom. The molecule has 12 heteroatoms. The minimum Gasteiger partial charge on any atom is -0.436 e. The second-order valence-electron chi connectivity index (χ2n) is 12.6. The van der Waals surface area contributed by atoms with Gasteiger partial charge in [0.25, 0.3) is 5.91 Å². The molecule has 0 spiro atoms. The van der Waals surface area contributed by atoms with Crippen molar-refractivity contribution in [2.75, 3.05) is 50.3 Å². The molecule has 6 rings (SSSR count). The maximum atomic E-state index is 14.0. The quantitative estimate of drug-likeness (QED) is 0.306. The molecule has 3 fully saturated rings. The fourth-order valence-corrected chi connectivity index (χ4v) is 8.30. The molecule has 4 aliphatic heterocycles. The van der Waals surface area contributed by atoms with Gasteiger partial charge in [0.2, 0.25) is 0 Å². The van der Waals surface area contributed by atoms with E-state index in [2.05, 4.69) is 16.6 Å². The zero-order valence-corrected chi connectivity index (χ0v) is 27.0. The van der Waals surface area contributed by atoms with Crippen molar-refractivity contribution >= 4 is 51.7 Å². The van der Waals surface area contributed by atoms with Gasteiger partial charge >= 0.3 is 12.1 Å². The standard InChI is InChI=1S/C33H41ClN6O4S/c1-2-22-17-21(18-27(34)29(22)35)19-28(31(41)38-12-5-24(6-13-38)23-3-10-36-11-4-23)44-33(43)39-14-7-26(8-15-39)40-20-25-9-16-45-30(25)37-32(40)42/h1,9,16-18,23-24,26,28,36H,3-8,10-15,19-20,35H2,(H,37,42)/t28-/m1/s1. The van der Waals surface area contributed by atoms with E-state index in [4.69, 9.17) is 28.5 Å². The Kier molecular flexibility index (Phi) is 9.73. The van der Waals surface area contributed by atoms with E-state index in [1.807, 2.05) is 21.2 Å². The van der Waals surface area contributed by atoms with Crippen molar-refractivity contribution in [3.8, 4) is 12.3 Å². The van der Waals surface area contributed by atoms with Crippen LogP contribution in [0.1, 0.15) is 55.2 Å². The molecule has 1 aromatic carbocycles. The zero-order valence-electron chi connectivity index (χ0n) is 25.4. The minimum atomic E-state index is -1.03. The molecule has 4 N–H and O–H groups in total. The lowest BCUT2D eigenvalue weighted by atomic mass is 9.79. The molecule has 3 saturated heterocycles. The summed E-state index contributed by atoms with van der Waals surface area (Å²) in [5.41, 5.74) is 8.58. The van der Waals surface area contributed by atoms with Crippen LogP contribution in [0.25, 0.3) is 0 Å². The van der Waals surface area contributed by atoms with Crippen LogP contribution in [-0.2, 0) is 22.5 Å². The second-order valence-corrected chi connectivity index (χ2v) is 13.9. The molecule has 0 aliphatic carbocycles. The van der Waals surface area contributed by atoms with Crippen molar-refractivity contribution in [3.05, 3.63) is 45.3 Å². The predicted octanol–water partition coefficient (Wildman–Crippen LogP) is 4.76. The molecule has 0 unspecified atom stereocenters. The summed E-state index contributed by atoms with van der Waals surface area (Å²) < 4.78 is 6.00.